The molecule has 118 valence electrons. The zero-order valence-electron chi connectivity index (χ0n) is 12.8. The fraction of sp³-hybridized carbons (Fsp3) is 0.769. The first-order valence-corrected chi connectivity index (χ1v) is 8.20. The number of likely N-dealkylation sites (N-methyl/N-ethyl adjacent to an activating group) is 2. The van der Waals surface area contributed by atoms with Gasteiger partial charge >= 0.3 is 5.97 Å². The summed E-state index contributed by atoms with van der Waals surface area (Å²) in [6, 6.07) is 0.426. The van der Waals surface area contributed by atoms with Crippen LogP contribution in [0.25, 0.3) is 0 Å². The van der Waals surface area contributed by atoms with Crippen molar-refractivity contribution in [3.63, 3.8) is 0 Å². The molecule has 8 heteroatoms. The number of anilines is 1. The Morgan fingerprint density at radius 1 is 1.52 bits per heavy atom. The van der Waals surface area contributed by atoms with E-state index in [-0.39, 0.29) is 5.75 Å². The number of carboxylic acids is 1. The van der Waals surface area contributed by atoms with Crippen LogP contribution in [0.1, 0.15) is 19.8 Å². The van der Waals surface area contributed by atoms with Crippen molar-refractivity contribution in [2.75, 3.05) is 37.8 Å². The fourth-order valence-electron chi connectivity index (χ4n) is 2.67. The van der Waals surface area contributed by atoms with Gasteiger partial charge in [-0.05, 0) is 33.4 Å². The monoisotopic (exact) mass is 313 g/mol. The Morgan fingerprint density at radius 2 is 2.29 bits per heavy atom. The minimum Gasteiger partial charge on any atom is -0.481 e. The van der Waals surface area contributed by atoms with Crippen LogP contribution < -0.4 is 4.90 Å². The van der Waals surface area contributed by atoms with Gasteiger partial charge in [-0.25, -0.2) is 0 Å². The highest BCUT2D eigenvalue weighted by Crippen LogP contribution is 2.24. The first-order valence-electron chi connectivity index (χ1n) is 7.22. The van der Waals surface area contributed by atoms with Crippen molar-refractivity contribution in [1.82, 2.24) is 19.7 Å². The predicted molar refractivity (Wildman–Crippen MR) is 83.0 cm³/mol. The van der Waals surface area contributed by atoms with Crippen LogP contribution in [0.3, 0.4) is 0 Å². The molecule has 1 N–H and O–H groups in total. The van der Waals surface area contributed by atoms with Crippen LogP contribution in [0.5, 0.6) is 0 Å². The Bertz CT molecular complexity index is 493. The quantitative estimate of drug-likeness (QED) is 0.785. The molecule has 7 nitrogen and oxygen atoms in total. The smallest absolute Gasteiger partial charge is 0.313 e. The highest BCUT2D eigenvalue weighted by atomic mass is 32.2. The summed E-state index contributed by atoms with van der Waals surface area (Å²) in [7, 11) is 4.18. The van der Waals surface area contributed by atoms with Gasteiger partial charge in [0.05, 0.1) is 5.75 Å². The topological polar surface area (TPSA) is 74.5 Å². The minimum absolute atomic E-state index is 0.00795. The van der Waals surface area contributed by atoms with Crippen molar-refractivity contribution in [3.05, 3.63) is 0 Å². The summed E-state index contributed by atoms with van der Waals surface area (Å²) < 4.78 is 1.99. The molecule has 21 heavy (non-hydrogen) atoms. The lowest BCUT2D eigenvalue weighted by Crippen LogP contribution is -2.45. The van der Waals surface area contributed by atoms with Crippen LogP contribution in [0.15, 0.2) is 5.16 Å². The van der Waals surface area contributed by atoms with Crippen molar-refractivity contribution < 1.29 is 9.90 Å². The summed E-state index contributed by atoms with van der Waals surface area (Å²) in [6.07, 6.45) is 2.33. The molecule has 0 amide bonds. The van der Waals surface area contributed by atoms with Crippen LogP contribution in [0, 0.1) is 0 Å². The van der Waals surface area contributed by atoms with E-state index in [0.29, 0.717) is 11.2 Å². The van der Waals surface area contributed by atoms with E-state index in [2.05, 4.69) is 27.0 Å². The second kappa shape index (κ2) is 7.13. The zero-order valence-corrected chi connectivity index (χ0v) is 13.6. The molecular formula is C13H23N5O2S. The number of likely N-dealkylation sites (tertiary alicyclic amines) is 1. The van der Waals surface area contributed by atoms with Crippen molar-refractivity contribution >= 4 is 23.7 Å². The van der Waals surface area contributed by atoms with Gasteiger partial charge in [0, 0.05) is 26.2 Å². The summed E-state index contributed by atoms with van der Waals surface area (Å²) in [5.41, 5.74) is 0. The van der Waals surface area contributed by atoms with Crippen LogP contribution >= 0.6 is 11.8 Å². The standard InChI is InChI=1S/C13H23N5O2S/c1-4-18-12(14-15-13(18)21-9-11(19)20)17(3)10-6-5-7-16(2)8-10/h10H,4-9H2,1-3H3,(H,19,20). The lowest BCUT2D eigenvalue weighted by molar-refractivity contribution is -0.133. The highest BCUT2D eigenvalue weighted by molar-refractivity contribution is 7.99. The van der Waals surface area contributed by atoms with Gasteiger partial charge in [-0.2, -0.15) is 0 Å². The molecule has 0 bridgehead atoms. The molecule has 1 fully saturated rings. The highest BCUT2D eigenvalue weighted by Gasteiger charge is 2.25. The molecule has 2 heterocycles. The van der Waals surface area contributed by atoms with E-state index in [4.69, 9.17) is 5.11 Å². The van der Waals surface area contributed by atoms with Gasteiger partial charge in [-0.15, -0.1) is 10.2 Å². The molecule has 1 aliphatic heterocycles. The van der Waals surface area contributed by atoms with Gasteiger partial charge in [0.2, 0.25) is 5.95 Å². The Labute approximate surface area is 129 Å². The molecule has 0 spiro atoms. The normalized spacial score (nSPS) is 19.7. The molecular weight excluding hydrogens is 290 g/mol. The molecule has 1 aromatic rings. The predicted octanol–water partition coefficient (Wildman–Crippen LogP) is 1.01. The maximum atomic E-state index is 10.7. The molecule has 1 saturated heterocycles. The van der Waals surface area contributed by atoms with Gasteiger partial charge in [0.1, 0.15) is 0 Å². The van der Waals surface area contributed by atoms with E-state index in [9.17, 15) is 4.79 Å². The number of aliphatic carboxylic acids is 1. The Morgan fingerprint density at radius 3 is 2.90 bits per heavy atom. The van der Waals surface area contributed by atoms with E-state index < -0.39 is 5.97 Å². The molecule has 0 aliphatic carbocycles. The first-order chi connectivity index (χ1) is 10.0. The van der Waals surface area contributed by atoms with E-state index in [0.717, 1.165) is 32.0 Å². The molecule has 2 rings (SSSR count). The average Bonchev–Trinajstić information content (AvgIpc) is 2.87. The van der Waals surface area contributed by atoms with Crippen molar-refractivity contribution in [3.8, 4) is 0 Å². The van der Waals surface area contributed by atoms with Crippen molar-refractivity contribution in [2.45, 2.75) is 37.5 Å². The van der Waals surface area contributed by atoms with E-state index in [1.165, 1.54) is 18.2 Å². The van der Waals surface area contributed by atoms with Crippen LogP contribution in [-0.2, 0) is 11.3 Å². The van der Waals surface area contributed by atoms with Crippen LogP contribution in [0.2, 0.25) is 0 Å². The molecule has 1 unspecified atom stereocenters. The van der Waals surface area contributed by atoms with Gasteiger partial charge in [0.25, 0.3) is 0 Å². The number of carboxylic acid groups (broad SMARTS) is 1. The summed E-state index contributed by atoms with van der Waals surface area (Å²) in [5.74, 6) is -0.00580. The number of thioether (sulfide) groups is 1. The second-order valence-corrected chi connectivity index (χ2v) is 6.32. The van der Waals surface area contributed by atoms with Crippen LogP contribution in [0.4, 0.5) is 5.95 Å². The Hall–Kier alpha value is -1.28. The third-order valence-electron chi connectivity index (χ3n) is 3.80. The van der Waals surface area contributed by atoms with Gasteiger partial charge < -0.3 is 14.9 Å². The second-order valence-electron chi connectivity index (χ2n) is 5.38. The molecule has 1 aliphatic rings. The average molecular weight is 313 g/mol. The Kier molecular flexibility index (Phi) is 5.46. The van der Waals surface area contributed by atoms with E-state index in [1.54, 1.807) is 0 Å². The van der Waals surface area contributed by atoms with Gasteiger partial charge in [0.15, 0.2) is 5.16 Å². The number of aromatic nitrogens is 3. The minimum atomic E-state index is -0.838. The lowest BCUT2D eigenvalue weighted by Gasteiger charge is -2.36. The fourth-order valence-corrected chi connectivity index (χ4v) is 3.39. The number of piperidine rings is 1. The molecule has 0 radical (unpaired) electrons. The van der Waals surface area contributed by atoms with Crippen molar-refractivity contribution in [2.24, 2.45) is 0 Å². The third kappa shape index (κ3) is 3.88. The number of hydrogen-bond acceptors (Lipinski definition) is 6. The molecule has 1 aromatic heterocycles. The van der Waals surface area contributed by atoms with E-state index >= 15 is 0 Å². The maximum absolute atomic E-state index is 10.7. The van der Waals surface area contributed by atoms with Gasteiger partial charge in [-0.3, -0.25) is 9.36 Å². The van der Waals surface area contributed by atoms with Gasteiger partial charge in [-0.1, -0.05) is 11.8 Å². The zero-order chi connectivity index (χ0) is 15.4. The summed E-state index contributed by atoms with van der Waals surface area (Å²) >= 11 is 1.22. The Balaban J connectivity index is 2.12. The number of hydrogen-bond donors (Lipinski definition) is 1. The molecule has 0 saturated carbocycles. The number of rotatable bonds is 6. The number of nitrogens with zero attached hydrogens (tertiary/aromatic N) is 5. The molecule has 0 aromatic carbocycles. The largest absolute Gasteiger partial charge is 0.481 e. The van der Waals surface area contributed by atoms with Crippen LogP contribution in [-0.4, -0.2) is 69.7 Å². The first kappa shape index (κ1) is 16.1. The lowest BCUT2D eigenvalue weighted by atomic mass is 10.1. The molecule has 1 atom stereocenters. The summed E-state index contributed by atoms with van der Waals surface area (Å²) in [4.78, 5) is 15.2. The summed E-state index contributed by atoms with van der Waals surface area (Å²) in [5, 5.41) is 17.9. The SMILES string of the molecule is CCn1c(SCC(=O)O)nnc1N(C)C1CCCN(C)C1. The third-order valence-corrected chi connectivity index (χ3v) is 4.75. The number of carbonyl (C=O) groups is 1. The summed E-state index contributed by atoms with van der Waals surface area (Å²) in [6.45, 7) is 4.92. The maximum Gasteiger partial charge on any atom is 0.313 e. The van der Waals surface area contributed by atoms with E-state index in [1.807, 2.05) is 18.5 Å². The van der Waals surface area contributed by atoms with Crippen molar-refractivity contribution in [1.29, 1.82) is 0 Å².